The first-order valence-electron chi connectivity index (χ1n) is 6.24. The van der Waals surface area contributed by atoms with Crippen molar-refractivity contribution in [3.63, 3.8) is 0 Å². The van der Waals surface area contributed by atoms with Gasteiger partial charge >= 0.3 is 0 Å². The Balaban J connectivity index is 2.49. The fraction of sp³-hybridized carbons (Fsp3) is 0.643. The van der Waals surface area contributed by atoms with Crippen molar-refractivity contribution in [3.8, 4) is 0 Å². The molecule has 19 heavy (non-hydrogen) atoms. The van der Waals surface area contributed by atoms with Crippen LogP contribution in [0.2, 0.25) is 0 Å². The number of allylic oxidation sites excluding steroid dienone is 3. The third kappa shape index (κ3) is 2.12. The summed E-state index contributed by atoms with van der Waals surface area (Å²) in [6.45, 7) is 8.28. The Morgan fingerprint density at radius 1 is 1.37 bits per heavy atom. The SMILES string of the molecule is CC1=C[C@H](Cl)C2(C=C1)CN(C(C)(C)C)C(=O)C2(Cl)Cl. The van der Waals surface area contributed by atoms with Crippen LogP contribution in [0, 0.1) is 5.41 Å². The minimum atomic E-state index is -1.53. The summed E-state index contributed by atoms with van der Waals surface area (Å²) < 4.78 is -1.53. The smallest absolute Gasteiger partial charge is 0.260 e. The number of amides is 1. The van der Waals surface area contributed by atoms with Crippen LogP contribution in [0.5, 0.6) is 0 Å². The number of hydrogen-bond donors (Lipinski definition) is 0. The average molecular weight is 323 g/mol. The first-order chi connectivity index (χ1) is 8.52. The molecule has 1 spiro atoms. The summed E-state index contributed by atoms with van der Waals surface area (Å²) in [7, 11) is 0. The zero-order chi connectivity index (χ0) is 14.6. The maximum atomic E-state index is 12.5. The van der Waals surface area contributed by atoms with Crippen LogP contribution in [0.25, 0.3) is 0 Å². The minimum absolute atomic E-state index is 0.272. The second-order valence-electron chi connectivity index (χ2n) is 6.32. The van der Waals surface area contributed by atoms with Gasteiger partial charge in [-0.15, -0.1) is 11.6 Å². The second kappa shape index (κ2) is 4.41. The molecule has 1 aliphatic carbocycles. The van der Waals surface area contributed by atoms with Crippen molar-refractivity contribution >= 4 is 40.7 Å². The normalized spacial score (nSPS) is 34.1. The highest BCUT2D eigenvalue weighted by Gasteiger charge is 2.65. The maximum Gasteiger partial charge on any atom is 0.260 e. The van der Waals surface area contributed by atoms with E-state index < -0.39 is 15.1 Å². The number of hydrogen-bond acceptors (Lipinski definition) is 1. The third-order valence-corrected chi connectivity index (χ3v) is 5.42. The summed E-state index contributed by atoms with van der Waals surface area (Å²) in [6.07, 6.45) is 5.72. The Kier molecular flexibility index (Phi) is 3.53. The minimum Gasteiger partial charge on any atom is -0.334 e. The van der Waals surface area contributed by atoms with E-state index in [1.807, 2.05) is 45.9 Å². The highest BCUT2D eigenvalue weighted by atomic mass is 35.5. The number of rotatable bonds is 0. The van der Waals surface area contributed by atoms with Gasteiger partial charge in [-0.25, -0.2) is 0 Å². The summed E-state index contributed by atoms with van der Waals surface area (Å²) in [5, 5.41) is -0.399. The first kappa shape index (κ1) is 15.2. The summed E-state index contributed by atoms with van der Waals surface area (Å²) in [6, 6.07) is 0. The van der Waals surface area contributed by atoms with Gasteiger partial charge in [0.2, 0.25) is 4.33 Å². The van der Waals surface area contributed by atoms with Crippen LogP contribution < -0.4 is 0 Å². The van der Waals surface area contributed by atoms with Gasteiger partial charge in [0.15, 0.2) is 0 Å². The van der Waals surface area contributed by atoms with E-state index in [9.17, 15) is 4.79 Å². The molecule has 0 saturated carbocycles. The Morgan fingerprint density at radius 3 is 2.37 bits per heavy atom. The largest absolute Gasteiger partial charge is 0.334 e. The predicted molar refractivity (Wildman–Crippen MR) is 80.9 cm³/mol. The highest BCUT2D eigenvalue weighted by molar-refractivity contribution is 6.59. The van der Waals surface area contributed by atoms with E-state index in [1.54, 1.807) is 4.90 Å². The fourth-order valence-electron chi connectivity index (χ4n) is 2.57. The van der Waals surface area contributed by atoms with Crippen LogP contribution in [0.3, 0.4) is 0 Å². The molecule has 1 heterocycles. The maximum absolute atomic E-state index is 12.5. The van der Waals surface area contributed by atoms with Crippen LogP contribution in [0.1, 0.15) is 27.7 Å². The molecule has 0 radical (unpaired) electrons. The number of nitrogens with zero attached hydrogens (tertiary/aromatic N) is 1. The molecule has 0 aromatic rings. The summed E-state index contributed by atoms with van der Waals surface area (Å²) in [5.74, 6) is -0.272. The van der Waals surface area contributed by atoms with Gasteiger partial charge in [-0.1, -0.05) is 47.0 Å². The van der Waals surface area contributed by atoms with Crippen molar-refractivity contribution in [3.05, 3.63) is 23.8 Å². The molecule has 1 aliphatic heterocycles. The van der Waals surface area contributed by atoms with Gasteiger partial charge in [0.1, 0.15) is 0 Å². The quantitative estimate of drug-likeness (QED) is 0.619. The summed E-state index contributed by atoms with van der Waals surface area (Å²) >= 11 is 19.3. The Labute approximate surface area is 129 Å². The molecule has 1 fully saturated rings. The summed E-state index contributed by atoms with van der Waals surface area (Å²) in [5.41, 5.74) is -0.0610. The van der Waals surface area contributed by atoms with Crippen molar-refractivity contribution < 1.29 is 4.79 Å². The van der Waals surface area contributed by atoms with Gasteiger partial charge in [0, 0.05) is 12.1 Å². The molecule has 2 nitrogen and oxygen atoms in total. The molecule has 1 unspecified atom stereocenters. The molecule has 1 saturated heterocycles. The van der Waals surface area contributed by atoms with Crippen molar-refractivity contribution in [2.24, 2.45) is 5.41 Å². The second-order valence-corrected chi connectivity index (χ2v) is 8.12. The van der Waals surface area contributed by atoms with Gasteiger partial charge in [-0.05, 0) is 27.7 Å². The predicted octanol–water partition coefficient (Wildman–Crippen LogP) is 3.91. The van der Waals surface area contributed by atoms with E-state index >= 15 is 0 Å². The lowest BCUT2D eigenvalue weighted by Gasteiger charge is -2.38. The van der Waals surface area contributed by atoms with Crippen LogP contribution in [-0.2, 0) is 4.79 Å². The topological polar surface area (TPSA) is 20.3 Å². The molecule has 0 N–H and O–H groups in total. The van der Waals surface area contributed by atoms with Crippen molar-refractivity contribution in [1.82, 2.24) is 4.90 Å². The van der Waals surface area contributed by atoms with E-state index in [4.69, 9.17) is 34.8 Å². The molecular formula is C14H18Cl3NO. The monoisotopic (exact) mass is 321 g/mol. The first-order valence-corrected chi connectivity index (χ1v) is 7.43. The zero-order valence-corrected chi connectivity index (χ0v) is 13.8. The highest BCUT2D eigenvalue weighted by Crippen LogP contribution is 2.56. The zero-order valence-electron chi connectivity index (χ0n) is 11.5. The summed E-state index contributed by atoms with van der Waals surface area (Å²) in [4.78, 5) is 14.2. The number of likely N-dealkylation sites (tertiary alicyclic amines) is 1. The van der Waals surface area contributed by atoms with Gasteiger partial charge in [-0.3, -0.25) is 4.79 Å². The molecule has 0 aromatic heterocycles. The van der Waals surface area contributed by atoms with Crippen LogP contribution in [0.15, 0.2) is 23.8 Å². The lowest BCUT2D eigenvalue weighted by atomic mass is 9.78. The molecule has 106 valence electrons. The molecule has 1 amide bonds. The Bertz CT molecular complexity index is 476. The van der Waals surface area contributed by atoms with E-state index in [-0.39, 0.29) is 11.4 Å². The Morgan fingerprint density at radius 2 is 1.95 bits per heavy atom. The molecule has 2 atom stereocenters. The molecule has 2 rings (SSSR count). The lowest BCUT2D eigenvalue weighted by Crippen LogP contribution is -2.46. The molecule has 0 aromatic carbocycles. The fourth-order valence-corrected chi connectivity index (χ4v) is 3.87. The Hall–Kier alpha value is -0.180. The van der Waals surface area contributed by atoms with Gasteiger partial charge in [0.05, 0.1) is 10.8 Å². The molecule has 2 aliphatic rings. The number of alkyl halides is 3. The number of halogens is 3. The van der Waals surface area contributed by atoms with Crippen molar-refractivity contribution in [2.75, 3.05) is 6.54 Å². The molecule has 0 bridgehead atoms. The van der Waals surface area contributed by atoms with E-state index in [1.165, 1.54) is 0 Å². The van der Waals surface area contributed by atoms with Gasteiger partial charge in [0.25, 0.3) is 5.91 Å². The van der Waals surface area contributed by atoms with E-state index in [0.717, 1.165) is 5.57 Å². The van der Waals surface area contributed by atoms with Gasteiger partial charge in [-0.2, -0.15) is 0 Å². The standard InChI is InChI=1S/C14H18Cl3NO/c1-9-5-6-13(10(15)7-9)8-18(12(2,3)4)11(19)14(13,16)17/h5-7,10H,8H2,1-4H3/t10-,13?/m0/s1. The van der Waals surface area contributed by atoms with E-state index in [2.05, 4.69) is 0 Å². The van der Waals surface area contributed by atoms with Crippen molar-refractivity contribution in [2.45, 2.75) is 42.9 Å². The van der Waals surface area contributed by atoms with Crippen LogP contribution in [-0.4, -0.2) is 32.6 Å². The molecule has 5 heteroatoms. The lowest BCUT2D eigenvalue weighted by molar-refractivity contribution is -0.132. The van der Waals surface area contributed by atoms with Gasteiger partial charge < -0.3 is 4.90 Å². The van der Waals surface area contributed by atoms with Crippen LogP contribution in [0.4, 0.5) is 0 Å². The molecular weight excluding hydrogens is 305 g/mol. The number of carbonyl (C=O) groups is 1. The number of carbonyl (C=O) groups excluding carboxylic acids is 1. The third-order valence-electron chi connectivity index (χ3n) is 3.87. The van der Waals surface area contributed by atoms with Crippen molar-refractivity contribution in [1.29, 1.82) is 0 Å². The average Bonchev–Trinajstić information content (AvgIpc) is 2.45. The van der Waals surface area contributed by atoms with Crippen LogP contribution >= 0.6 is 34.8 Å². The van der Waals surface area contributed by atoms with E-state index in [0.29, 0.717) is 6.54 Å².